The number of hydrogen-bond donors (Lipinski definition) is 0. The van der Waals surface area contributed by atoms with Gasteiger partial charge in [-0.25, -0.2) is 14.2 Å². The van der Waals surface area contributed by atoms with Gasteiger partial charge in [0.1, 0.15) is 11.6 Å². The highest BCUT2D eigenvalue weighted by Crippen LogP contribution is 2.32. The van der Waals surface area contributed by atoms with E-state index < -0.39 is 23.4 Å². The molecule has 38 heavy (non-hydrogen) atoms. The quantitative estimate of drug-likeness (QED) is 0.256. The van der Waals surface area contributed by atoms with Crippen LogP contribution in [0.5, 0.6) is 5.75 Å². The number of fused-ring (bicyclic) bond motifs is 1. The fraction of sp³-hybridized carbons (Fsp3) is 0.345. The number of aromatic nitrogens is 1. The van der Waals surface area contributed by atoms with Gasteiger partial charge in [-0.05, 0) is 63.1 Å². The lowest BCUT2D eigenvalue weighted by molar-refractivity contribution is -0.143. The molecule has 1 aliphatic rings. The van der Waals surface area contributed by atoms with Crippen LogP contribution in [-0.4, -0.2) is 23.2 Å². The normalized spacial score (nSPS) is 15.4. The van der Waals surface area contributed by atoms with Gasteiger partial charge in [-0.2, -0.15) is 0 Å². The Bertz CT molecular complexity index is 1520. The Hall–Kier alpha value is -3.23. The Morgan fingerprint density at radius 1 is 1.21 bits per heavy atom. The third-order valence-corrected chi connectivity index (χ3v) is 7.38. The molecule has 0 radical (unpaired) electrons. The minimum atomic E-state index is -0.773. The fourth-order valence-electron chi connectivity index (χ4n) is 4.24. The van der Waals surface area contributed by atoms with Crippen molar-refractivity contribution in [2.75, 3.05) is 6.61 Å². The van der Waals surface area contributed by atoms with Gasteiger partial charge in [-0.1, -0.05) is 60.9 Å². The summed E-state index contributed by atoms with van der Waals surface area (Å²) in [5, 5.41) is 0.194. The highest BCUT2D eigenvalue weighted by atomic mass is 35.5. The molecule has 6 nitrogen and oxygen atoms in total. The number of carbonyl (C=O) groups is 1. The molecular formula is C29H30ClFN2O4S. The zero-order valence-corrected chi connectivity index (χ0v) is 23.4. The highest BCUT2D eigenvalue weighted by Gasteiger charge is 2.33. The number of allylic oxidation sites excluding steroid dienone is 1. The van der Waals surface area contributed by atoms with Crippen LogP contribution in [0.1, 0.15) is 64.1 Å². The standard InChI is InChI=1S/C29H30ClFN2O4S/c1-5-6-7-15-36-20-13-11-19(12-14-20)26-25(28(35)37-17(2)3)18(4)32-29-33(26)27(34)24(38-29)16-21-22(30)9-8-10-23(21)31/h8-14,16-17,26H,5-7,15H2,1-4H3/b24-16-. The summed E-state index contributed by atoms with van der Waals surface area (Å²) >= 11 is 7.32. The van der Waals surface area contributed by atoms with Gasteiger partial charge in [0.05, 0.1) is 39.6 Å². The molecule has 0 N–H and O–H groups in total. The summed E-state index contributed by atoms with van der Waals surface area (Å²) in [6.07, 6.45) is 4.24. The zero-order valence-electron chi connectivity index (χ0n) is 21.8. The minimum absolute atomic E-state index is 0.121. The van der Waals surface area contributed by atoms with Crippen LogP contribution in [0.2, 0.25) is 5.02 Å². The monoisotopic (exact) mass is 556 g/mol. The second kappa shape index (κ2) is 12.1. The first kappa shape index (κ1) is 27.8. The molecular weight excluding hydrogens is 527 g/mol. The molecule has 1 unspecified atom stereocenters. The SMILES string of the molecule is CCCCCOc1ccc(C2C(C(=O)OC(C)C)=C(C)N=c3s/c(=C\c4c(F)cccc4Cl)c(=O)n32)cc1. The van der Waals surface area contributed by atoms with Crippen molar-refractivity contribution in [2.24, 2.45) is 4.99 Å². The summed E-state index contributed by atoms with van der Waals surface area (Å²) in [4.78, 5) is 31.9. The molecule has 0 bridgehead atoms. The molecule has 0 spiro atoms. The number of carbonyl (C=O) groups excluding carboxylic acids is 1. The number of thiazole rings is 1. The van der Waals surface area contributed by atoms with Gasteiger partial charge in [0, 0.05) is 5.56 Å². The Morgan fingerprint density at radius 3 is 2.61 bits per heavy atom. The number of ether oxygens (including phenoxy) is 2. The number of hydrogen-bond acceptors (Lipinski definition) is 6. The summed E-state index contributed by atoms with van der Waals surface area (Å²) in [5.74, 6) is -0.372. The van der Waals surface area contributed by atoms with Crippen molar-refractivity contribution in [3.63, 3.8) is 0 Å². The van der Waals surface area contributed by atoms with Gasteiger partial charge in [0.15, 0.2) is 4.80 Å². The van der Waals surface area contributed by atoms with E-state index in [9.17, 15) is 14.0 Å². The highest BCUT2D eigenvalue weighted by molar-refractivity contribution is 7.07. The van der Waals surface area contributed by atoms with Crippen LogP contribution in [-0.2, 0) is 9.53 Å². The van der Waals surface area contributed by atoms with Crippen LogP contribution >= 0.6 is 22.9 Å². The summed E-state index contributed by atoms with van der Waals surface area (Å²) in [5.41, 5.74) is 1.15. The van der Waals surface area contributed by atoms with E-state index in [0.717, 1.165) is 30.6 Å². The molecule has 1 aliphatic heterocycles. The first-order valence-corrected chi connectivity index (χ1v) is 13.8. The molecule has 200 valence electrons. The van der Waals surface area contributed by atoms with E-state index in [2.05, 4.69) is 11.9 Å². The smallest absolute Gasteiger partial charge is 0.338 e. The van der Waals surface area contributed by atoms with Crippen molar-refractivity contribution in [3.05, 3.63) is 95.4 Å². The van der Waals surface area contributed by atoms with Gasteiger partial charge in [-0.15, -0.1) is 0 Å². The maximum atomic E-state index is 14.5. The molecule has 4 rings (SSSR count). The third-order valence-electron chi connectivity index (χ3n) is 6.07. The number of rotatable bonds is 9. The zero-order chi connectivity index (χ0) is 27.4. The molecule has 2 aromatic carbocycles. The summed E-state index contributed by atoms with van der Waals surface area (Å²) < 4.78 is 27.6. The summed E-state index contributed by atoms with van der Waals surface area (Å²) in [6, 6.07) is 10.9. The summed E-state index contributed by atoms with van der Waals surface area (Å²) in [7, 11) is 0. The third kappa shape index (κ3) is 5.92. The number of nitrogens with zero attached hydrogens (tertiary/aromatic N) is 2. The van der Waals surface area contributed by atoms with Gasteiger partial charge in [-0.3, -0.25) is 9.36 Å². The molecule has 0 aliphatic carbocycles. The number of benzene rings is 2. The molecule has 9 heteroatoms. The lowest BCUT2D eigenvalue weighted by atomic mass is 9.96. The van der Waals surface area contributed by atoms with Crippen molar-refractivity contribution < 1.29 is 18.7 Å². The van der Waals surface area contributed by atoms with Crippen LogP contribution in [0.4, 0.5) is 4.39 Å². The molecule has 1 aromatic heterocycles. The Balaban J connectivity index is 1.83. The molecule has 2 heterocycles. The second-order valence-electron chi connectivity index (χ2n) is 9.30. The van der Waals surface area contributed by atoms with E-state index in [4.69, 9.17) is 21.1 Å². The molecule has 0 saturated heterocycles. The largest absolute Gasteiger partial charge is 0.494 e. The molecule has 0 amide bonds. The van der Waals surface area contributed by atoms with Gasteiger partial charge >= 0.3 is 5.97 Å². The van der Waals surface area contributed by atoms with Gasteiger partial charge in [0.2, 0.25) is 0 Å². The van der Waals surface area contributed by atoms with Gasteiger partial charge in [0.25, 0.3) is 5.56 Å². The van der Waals surface area contributed by atoms with E-state index in [-0.39, 0.29) is 26.8 Å². The van der Waals surface area contributed by atoms with Crippen molar-refractivity contribution in [1.29, 1.82) is 0 Å². The first-order valence-electron chi connectivity index (χ1n) is 12.6. The molecule has 0 saturated carbocycles. The van der Waals surface area contributed by atoms with Crippen LogP contribution in [0.15, 0.2) is 63.5 Å². The predicted octanol–water partition coefficient (Wildman–Crippen LogP) is 5.55. The number of esters is 1. The molecule has 3 aromatic rings. The van der Waals surface area contributed by atoms with Crippen LogP contribution in [0.25, 0.3) is 6.08 Å². The lowest BCUT2D eigenvalue weighted by Crippen LogP contribution is -2.40. The maximum absolute atomic E-state index is 14.5. The Kier molecular flexibility index (Phi) is 8.84. The maximum Gasteiger partial charge on any atom is 0.338 e. The lowest BCUT2D eigenvalue weighted by Gasteiger charge is -2.25. The number of unbranched alkanes of at least 4 members (excludes halogenated alkanes) is 2. The predicted molar refractivity (Wildman–Crippen MR) is 148 cm³/mol. The van der Waals surface area contributed by atoms with Crippen LogP contribution in [0, 0.1) is 5.82 Å². The van der Waals surface area contributed by atoms with Crippen molar-refractivity contribution in [3.8, 4) is 5.75 Å². The topological polar surface area (TPSA) is 69.9 Å². The van der Waals surface area contributed by atoms with E-state index in [1.807, 2.05) is 24.3 Å². The van der Waals surface area contributed by atoms with E-state index in [1.165, 1.54) is 22.8 Å². The Labute approximate surface area is 229 Å². The van der Waals surface area contributed by atoms with E-state index in [1.54, 1.807) is 26.8 Å². The van der Waals surface area contributed by atoms with Crippen molar-refractivity contribution >= 4 is 35.0 Å². The van der Waals surface area contributed by atoms with Gasteiger partial charge < -0.3 is 9.47 Å². The van der Waals surface area contributed by atoms with E-state index >= 15 is 0 Å². The fourth-order valence-corrected chi connectivity index (χ4v) is 5.49. The average molecular weight is 557 g/mol. The summed E-state index contributed by atoms with van der Waals surface area (Å²) in [6.45, 7) is 8.01. The van der Waals surface area contributed by atoms with Crippen molar-refractivity contribution in [2.45, 2.75) is 59.1 Å². The van der Waals surface area contributed by atoms with Crippen LogP contribution in [0.3, 0.4) is 0 Å². The van der Waals surface area contributed by atoms with Crippen molar-refractivity contribution in [1.82, 2.24) is 4.57 Å². The Morgan fingerprint density at radius 2 is 1.95 bits per heavy atom. The average Bonchev–Trinajstić information content (AvgIpc) is 3.17. The molecule has 0 fully saturated rings. The first-order chi connectivity index (χ1) is 18.2. The molecule has 1 atom stereocenters. The number of halogens is 2. The second-order valence-corrected chi connectivity index (χ2v) is 10.7. The van der Waals surface area contributed by atoms with Crippen LogP contribution < -0.4 is 19.6 Å². The van der Waals surface area contributed by atoms with E-state index in [0.29, 0.717) is 28.4 Å². The minimum Gasteiger partial charge on any atom is -0.494 e.